The molecule has 0 bridgehead atoms. The van der Waals surface area contributed by atoms with E-state index in [4.69, 9.17) is 0 Å². The van der Waals surface area contributed by atoms with E-state index in [0.717, 1.165) is 0 Å². The van der Waals surface area contributed by atoms with Gasteiger partial charge < -0.3 is 4.90 Å². The van der Waals surface area contributed by atoms with Gasteiger partial charge in [-0.25, -0.2) is 4.98 Å². The Balaban J connectivity index is 2.08. The van der Waals surface area contributed by atoms with Crippen LogP contribution in [0.4, 0.5) is 18.3 Å². The molecule has 1 aliphatic rings. The van der Waals surface area contributed by atoms with Gasteiger partial charge in [0.15, 0.2) is 0 Å². The highest BCUT2D eigenvalue weighted by molar-refractivity contribution is 7.09. The van der Waals surface area contributed by atoms with Gasteiger partial charge in [0, 0.05) is 30.5 Å². The van der Waals surface area contributed by atoms with Gasteiger partial charge in [0.05, 0.1) is 5.92 Å². The summed E-state index contributed by atoms with van der Waals surface area (Å²) in [5.41, 5.74) is 0. The van der Waals surface area contributed by atoms with Crippen molar-refractivity contribution in [3.63, 3.8) is 0 Å². The van der Waals surface area contributed by atoms with Crippen LogP contribution < -0.4 is 4.90 Å². The Hall–Kier alpha value is -0.850. The minimum atomic E-state index is -4.11. The van der Waals surface area contributed by atoms with Crippen LogP contribution in [0, 0.1) is 5.92 Å². The van der Waals surface area contributed by atoms with Gasteiger partial charge >= 0.3 is 6.18 Å². The Morgan fingerprint density at radius 3 is 2.67 bits per heavy atom. The molecule has 0 aliphatic carbocycles. The van der Waals surface area contributed by atoms with Crippen LogP contribution >= 0.6 is 11.5 Å². The van der Waals surface area contributed by atoms with E-state index in [1.807, 2.05) is 13.8 Å². The summed E-state index contributed by atoms with van der Waals surface area (Å²) in [6.45, 7) is 4.59. The number of rotatable bonds is 2. The highest BCUT2D eigenvalue weighted by atomic mass is 32.1. The Morgan fingerprint density at radius 1 is 1.39 bits per heavy atom. The number of aromatic nitrogens is 2. The Kier molecular flexibility index (Phi) is 3.79. The van der Waals surface area contributed by atoms with Gasteiger partial charge in [-0.1, -0.05) is 13.8 Å². The largest absolute Gasteiger partial charge is 0.393 e. The van der Waals surface area contributed by atoms with Crippen molar-refractivity contribution in [2.24, 2.45) is 5.92 Å². The van der Waals surface area contributed by atoms with Crippen molar-refractivity contribution < 1.29 is 13.2 Å². The fourth-order valence-corrected chi connectivity index (χ4v) is 2.85. The van der Waals surface area contributed by atoms with E-state index in [1.54, 1.807) is 4.90 Å². The van der Waals surface area contributed by atoms with Gasteiger partial charge in [-0.3, -0.25) is 0 Å². The maximum absolute atomic E-state index is 12.7. The van der Waals surface area contributed by atoms with E-state index >= 15 is 0 Å². The highest BCUT2D eigenvalue weighted by Gasteiger charge is 2.42. The first-order valence-electron chi connectivity index (χ1n) is 6.03. The second kappa shape index (κ2) is 5.03. The number of piperidine rings is 1. The third-order valence-electron chi connectivity index (χ3n) is 3.10. The van der Waals surface area contributed by atoms with E-state index in [2.05, 4.69) is 9.36 Å². The molecule has 1 unspecified atom stereocenters. The molecule has 0 spiro atoms. The maximum atomic E-state index is 12.7. The molecule has 18 heavy (non-hydrogen) atoms. The number of halogens is 3. The SMILES string of the molecule is CC(C)c1nsc(N2CCCC(C(F)(F)F)C2)n1. The van der Waals surface area contributed by atoms with Gasteiger partial charge in [0.2, 0.25) is 5.13 Å². The number of hydrogen-bond acceptors (Lipinski definition) is 4. The van der Waals surface area contributed by atoms with Gasteiger partial charge in [0.25, 0.3) is 0 Å². The van der Waals surface area contributed by atoms with Crippen molar-refractivity contribution in [1.29, 1.82) is 0 Å². The smallest absolute Gasteiger partial charge is 0.346 e. The average Bonchev–Trinajstić information content (AvgIpc) is 2.77. The standard InChI is InChI=1S/C11H16F3N3S/c1-7(2)9-15-10(18-16-9)17-5-3-4-8(6-17)11(12,13)14/h7-8H,3-6H2,1-2H3. The molecule has 3 nitrogen and oxygen atoms in total. The molecule has 2 heterocycles. The van der Waals surface area contributed by atoms with Crippen LogP contribution in [0.5, 0.6) is 0 Å². The fraction of sp³-hybridized carbons (Fsp3) is 0.818. The third kappa shape index (κ3) is 2.93. The van der Waals surface area contributed by atoms with Crippen LogP contribution in [-0.4, -0.2) is 28.6 Å². The number of alkyl halides is 3. The Labute approximate surface area is 108 Å². The molecule has 0 saturated carbocycles. The molecule has 0 aromatic carbocycles. The number of nitrogens with zero attached hydrogens (tertiary/aromatic N) is 3. The zero-order valence-corrected chi connectivity index (χ0v) is 11.2. The molecule has 1 aromatic heterocycles. The molecule has 0 N–H and O–H groups in total. The number of anilines is 1. The maximum Gasteiger partial charge on any atom is 0.393 e. The van der Waals surface area contributed by atoms with Crippen LogP contribution in [0.15, 0.2) is 0 Å². The predicted octanol–water partition coefficient (Wildman–Crippen LogP) is 3.44. The third-order valence-corrected chi connectivity index (χ3v) is 3.89. The van der Waals surface area contributed by atoms with E-state index in [1.165, 1.54) is 11.5 Å². The second-order valence-corrected chi connectivity index (χ2v) is 5.65. The summed E-state index contributed by atoms with van der Waals surface area (Å²) in [6, 6.07) is 0. The van der Waals surface area contributed by atoms with E-state index in [0.29, 0.717) is 23.9 Å². The minimum Gasteiger partial charge on any atom is -0.346 e. The van der Waals surface area contributed by atoms with Crippen molar-refractivity contribution in [2.45, 2.75) is 38.8 Å². The summed E-state index contributed by atoms with van der Waals surface area (Å²) < 4.78 is 42.3. The highest BCUT2D eigenvalue weighted by Crippen LogP contribution is 2.35. The van der Waals surface area contributed by atoms with Crippen molar-refractivity contribution in [3.8, 4) is 0 Å². The summed E-state index contributed by atoms with van der Waals surface area (Å²) in [5.74, 6) is -0.319. The lowest BCUT2D eigenvalue weighted by atomic mass is 9.98. The van der Waals surface area contributed by atoms with E-state index < -0.39 is 12.1 Å². The molecule has 0 radical (unpaired) electrons. The fourth-order valence-electron chi connectivity index (χ4n) is 2.01. The summed E-state index contributed by atoms with van der Waals surface area (Å²) in [6.07, 6.45) is -3.33. The molecule has 0 amide bonds. The zero-order valence-electron chi connectivity index (χ0n) is 10.4. The quantitative estimate of drug-likeness (QED) is 0.830. The first-order chi connectivity index (χ1) is 8.38. The van der Waals surface area contributed by atoms with Gasteiger partial charge in [-0.05, 0) is 12.8 Å². The van der Waals surface area contributed by atoms with E-state index in [-0.39, 0.29) is 18.9 Å². The summed E-state index contributed by atoms with van der Waals surface area (Å²) in [4.78, 5) is 6.03. The molecule has 7 heteroatoms. The monoisotopic (exact) mass is 279 g/mol. The summed E-state index contributed by atoms with van der Waals surface area (Å²) >= 11 is 1.19. The van der Waals surface area contributed by atoms with Crippen LogP contribution in [0.25, 0.3) is 0 Å². The minimum absolute atomic E-state index is 0.0101. The van der Waals surface area contributed by atoms with Crippen LogP contribution in [0.3, 0.4) is 0 Å². The lowest BCUT2D eigenvalue weighted by Crippen LogP contribution is -2.41. The molecule has 1 aromatic rings. The topological polar surface area (TPSA) is 29.0 Å². The van der Waals surface area contributed by atoms with Gasteiger partial charge in [-0.15, -0.1) is 0 Å². The first kappa shape index (κ1) is 13.6. The Bertz CT molecular complexity index is 402. The molecule has 102 valence electrons. The molecule has 1 atom stereocenters. The summed E-state index contributed by atoms with van der Waals surface area (Å²) in [5, 5.41) is 0.618. The lowest BCUT2D eigenvalue weighted by Gasteiger charge is -2.33. The van der Waals surface area contributed by atoms with Gasteiger partial charge in [0.1, 0.15) is 5.82 Å². The molecule has 1 aliphatic heterocycles. The van der Waals surface area contributed by atoms with E-state index in [9.17, 15) is 13.2 Å². The molecule has 2 rings (SSSR count). The van der Waals surface area contributed by atoms with Crippen molar-refractivity contribution in [1.82, 2.24) is 9.36 Å². The van der Waals surface area contributed by atoms with Crippen LogP contribution in [0.1, 0.15) is 38.4 Å². The number of hydrogen-bond donors (Lipinski definition) is 0. The Morgan fingerprint density at radius 2 is 2.11 bits per heavy atom. The normalized spacial score (nSPS) is 21.7. The molecular formula is C11H16F3N3S. The van der Waals surface area contributed by atoms with Crippen molar-refractivity contribution in [2.75, 3.05) is 18.0 Å². The molecule has 1 fully saturated rings. The van der Waals surface area contributed by atoms with Crippen LogP contribution in [-0.2, 0) is 0 Å². The average molecular weight is 279 g/mol. The second-order valence-electron chi connectivity index (χ2n) is 4.92. The first-order valence-corrected chi connectivity index (χ1v) is 6.80. The summed E-state index contributed by atoms with van der Waals surface area (Å²) in [7, 11) is 0. The predicted molar refractivity (Wildman–Crippen MR) is 65.0 cm³/mol. The lowest BCUT2D eigenvalue weighted by molar-refractivity contribution is -0.175. The van der Waals surface area contributed by atoms with Crippen molar-refractivity contribution >= 4 is 16.7 Å². The zero-order chi connectivity index (χ0) is 13.3. The molecular weight excluding hydrogens is 263 g/mol. The molecule has 1 saturated heterocycles. The van der Waals surface area contributed by atoms with Crippen LogP contribution in [0.2, 0.25) is 0 Å². The van der Waals surface area contributed by atoms with Gasteiger partial charge in [-0.2, -0.15) is 17.5 Å². The van der Waals surface area contributed by atoms with Crippen molar-refractivity contribution in [3.05, 3.63) is 5.82 Å².